The van der Waals surface area contributed by atoms with Crippen LogP contribution in [0, 0.1) is 0 Å². The van der Waals surface area contributed by atoms with Crippen molar-refractivity contribution in [1.29, 1.82) is 0 Å². The molecule has 0 unspecified atom stereocenters. The lowest BCUT2D eigenvalue weighted by atomic mass is 9.98. The Morgan fingerprint density at radius 3 is 2.37 bits per heavy atom. The molecule has 1 heterocycles. The van der Waals surface area contributed by atoms with Crippen LogP contribution < -0.4 is 10.5 Å². The third-order valence-electron chi connectivity index (χ3n) is 3.24. The lowest BCUT2D eigenvalue weighted by Gasteiger charge is -2.27. The molecular formula is C12H19N3O2S2. The highest BCUT2D eigenvalue weighted by Crippen LogP contribution is 2.18. The fourth-order valence-electron chi connectivity index (χ4n) is 1.46. The van der Waals surface area contributed by atoms with Gasteiger partial charge in [0.1, 0.15) is 9.88 Å². The fourth-order valence-corrected chi connectivity index (χ4v) is 3.08. The maximum atomic E-state index is 12.2. The van der Waals surface area contributed by atoms with Gasteiger partial charge in [-0.25, -0.2) is 13.1 Å². The standard InChI is InChI=1S/C12H19N3O2S2/c1-4-12(3,5-2)15-19(16,17)9-6-7-10(11(13)18)14-8-9/h6-8,15H,4-5H2,1-3H3,(H2,13,18). The van der Waals surface area contributed by atoms with Crippen molar-refractivity contribution in [2.45, 2.75) is 44.0 Å². The topological polar surface area (TPSA) is 85.1 Å². The van der Waals surface area contributed by atoms with Crippen molar-refractivity contribution in [2.24, 2.45) is 5.73 Å². The number of hydrogen-bond donors (Lipinski definition) is 2. The van der Waals surface area contributed by atoms with E-state index in [1.54, 1.807) is 0 Å². The minimum Gasteiger partial charge on any atom is -0.388 e. The van der Waals surface area contributed by atoms with E-state index < -0.39 is 15.6 Å². The molecule has 0 aliphatic carbocycles. The van der Waals surface area contributed by atoms with Crippen molar-refractivity contribution in [3.05, 3.63) is 24.0 Å². The molecule has 0 bridgehead atoms. The summed E-state index contributed by atoms with van der Waals surface area (Å²) in [6.45, 7) is 5.77. The summed E-state index contributed by atoms with van der Waals surface area (Å²) in [6.07, 6.45) is 2.69. The first-order chi connectivity index (χ1) is 8.74. The van der Waals surface area contributed by atoms with Gasteiger partial charge in [-0.05, 0) is 31.9 Å². The normalized spacial score (nSPS) is 12.4. The molecule has 0 aromatic carbocycles. The summed E-state index contributed by atoms with van der Waals surface area (Å²) in [6, 6.07) is 2.96. The van der Waals surface area contributed by atoms with Crippen LogP contribution in [0.4, 0.5) is 0 Å². The van der Waals surface area contributed by atoms with Crippen molar-refractivity contribution < 1.29 is 8.42 Å². The van der Waals surface area contributed by atoms with Crippen LogP contribution in [0.15, 0.2) is 23.2 Å². The van der Waals surface area contributed by atoms with E-state index >= 15 is 0 Å². The van der Waals surface area contributed by atoms with Crippen LogP contribution in [-0.4, -0.2) is 23.9 Å². The smallest absolute Gasteiger partial charge is 0.242 e. The fraction of sp³-hybridized carbons (Fsp3) is 0.500. The van der Waals surface area contributed by atoms with E-state index in [2.05, 4.69) is 9.71 Å². The van der Waals surface area contributed by atoms with Crippen molar-refractivity contribution in [3.8, 4) is 0 Å². The minimum atomic E-state index is -3.58. The average Bonchev–Trinajstić information content (AvgIpc) is 2.38. The molecule has 7 heteroatoms. The maximum absolute atomic E-state index is 12.2. The van der Waals surface area contributed by atoms with Crippen molar-refractivity contribution in [1.82, 2.24) is 9.71 Å². The molecule has 5 nitrogen and oxygen atoms in total. The van der Waals surface area contributed by atoms with Gasteiger partial charge in [0, 0.05) is 11.7 Å². The second-order valence-electron chi connectivity index (χ2n) is 4.62. The van der Waals surface area contributed by atoms with Crippen molar-refractivity contribution >= 4 is 27.2 Å². The molecule has 0 saturated heterocycles. The van der Waals surface area contributed by atoms with Crippen LogP contribution in [0.3, 0.4) is 0 Å². The summed E-state index contributed by atoms with van der Waals surface area (Å²) in [7, 11) is -3.58. The molecule has 1 aromatic rings. The van der Waals surface area contributed by atoms with E-state index in [1.807, 2.05) is 20.8 Å². The highest BCUT2D eigenvalue weighted by molar-refractivity contribution is 7.89. The summed E-state index contributed by atoms with van der Waals surface area (Å²) < 4.78 is 27.2. The molecule has 0 amide bonds. The summed E-state index contributed by atoms with van der Waals surface area (Å²) in [5, 5.41) is 0. The zero-order valence-electron chi connectivity index (χ0n) is 11.3. The predicted molar refractivity (Wildman–Crippen MR) is 79.4 cm³/mol. The van der Waals surface area contributed by atoms with E-state index in [9.17, 15) is 8.42 Å². The van der Waals surface area contributed by atoms with Crippen molar-refractivity contribution in [3.63, 3.8) is 0 Å². The zero-order chi connectivity index (χ0) is 14.7. The zero-order valence-corrected chi connectivity index (χ0v) is 12.9. The Morgan fingerprint density at radius 1 is 1.42 bits per heavy atom. The van der Waals surface area contributed by atoms with E-state index in [1.165, 1.54) is 18.3 Å². The number of pyridine rings is 1. The number of aromatic nitrogens is 1. The lowest BCUT2D eigenvalue weighted by Crippen LogP contribution is -2.44. The molecule has 0 radical (unpaired) electrons. The second kappa shape index (κ2) is 5.94. The number of hydrogen-bond acceptors (Lipinski definition) is 4. The molecule has 1 aromatic heterocycles. The van der Waals surface area contributed by atoms with Crippen LogP contribution >= 0.6 is 12.2 Å². The van der Waals surface area contributed by atoms with Crippen LogP contribution in [0.1, 0.15) is 39.3 Å². The molecule has 3 N–H and O–H groups in total. The van der Waals surface area contributed by atoms with Gasteiger partial charge in [-0.2, -0.15) is 0 Å². The van der Waals surface area contributed by atoms with E-state index in [-0.39, 0.29) is 9.88 Å². The van der Waals surface area contributed by atoms with Gasteiger partial charge in [-0.1, -0.05) is 26.1 Å². The molecule has 0 atom stereocenters. The van der Waals surface area contributed by atoms with Crippen LogP contribution in [0.25, 0.3) is 0 Å². The van der Waals surface area contributed by atoms with Gasteiger partial charge in [0.15, 0.2) is 0 Å². The SMILES string of the molecule is CCC(C)(CC)NS(=O)(=O)c1ccc(C(N)=S)nc1. The van der Waals surface area contributed by atoms with Gasteiger partial charge < -0.3 is 5.73 Å². The molecule has 106 valence electrons. The van der Waals surface area contributed by atoms with E-state index in [4.69, 9.17) is 18.0 Å². The molecule has 0 aliphatic heterocycles. The van der Waals surface area contributed by atoms with Gasteiger partial charge in [-0.3, -0.25) is 4.98 Å². The molecule has 19 heavy (non-hydrogen) atoms. The number of thiocarbonyl (C=S) groups is 1. The molecule has 0 fully saturated rings. The number of nitrogens with two attached hydrogens (primary N) is 1. The maximum Gasteiger partial charge on any atom is 0.242 e. The average molecular weight is 301 g/mol. The minimum absolute atomic E-state index is 0.112. The Kier molecular flexibility index (Phi) is 5.00. The largest absolute Gasteiger partial charge is 0.388 e. The summed E-state index contributed by atoms with van der Waals surface area (Å²) >= 11 is 4.77. The van der Waals surface area contributed by atoms with Crippen LogP contribution in [0.2, 0.25) is 0 Å². The molecular weight excluding hydrogens is 282 g/mol. The first-order valence-electron chi connectivity index (χ1n) is 6.04. The van der Waals surface area contributed by atoms with E-state index in [0.29, 0.717) is 18.5 Å². The monoisotopic (exact) mass is 301 g/mol. The van der Waals surface area contributed by atoms with Crippen LogP contribution in [0.5, 0.6) is 0 Å². The number of nitrogens with one attached hydrogen (secondary N) is 1. The molecule has 0 aliphatic rings. The Labute approximate surface area is 119 Å². The first kappa shape index (κ1) is 16.0. The Hall–Kier alpha value is -1.05. The quantitative estimate of drug-likeness (QED) is 0.779. The second-order valence-corrected chi connectivity index (χ2v) is 6.74. The van der Waals surface area contributed by atoms with Gasteiger partial charge >= 0.3 is 0 Å². The number of sulfonamides is 1. The van der Waals surface area contributed by atoms with Crippen molar-refractivity contribution in [2.75, 3.05) is 0 Å². The van der Waals surface area contributed by atoms with Gasteiger partial charge in [-0.15, -0.1) is 0 Å². The van der Waals surface area contributed by atoms with Gasteiger partial charge in [0.2, 0.25) is 10.0 Å². The number of rotatable bonds is 6. The highest BCUT2D eigenvalue weighted by Gasteiger charge is 2.27. The highest BCUT2D eigenvalue weighted by atomic mass is 32.2. The third-order valence-corrected chi connectivity index (χ3v) is 5.07. The molecule has 1 rings (SSSR count). The third kappa shape index (κ3) is 3.95. The first-order valence-corrected chi connectivity index (χ1v) is 7.93. The Bertz CT molecular complexity index is 549. The van der Waals surface area contributed by atoms with Gasteiger partial charge in [0.25, 0.3) is 0 Å². The van der Waals surface area contributed by atoms with Crippen LogP contribution in [-0.2, 0) is 10.0 Å². The van der Waals surface area contributed by atoms with E-state index in [0.717, 1.165) is 0 Å². The Balaban J connectivity index is 3.04. The Morgan fingerprint density at radius 2 is 2.00 bits per heavy atom. The lowest BCUT2D eigenvalue weighted by molar-refractivity contribution is 0.388. The summed E-state index contributed by atoms with van der Waals surface area (Å²) in [5.74, 6) is 0. The molecule has 0 spiro atoms. The van der Waals surface area contributed by atoms with Gasteiger partial charge in [0.05, 0.1) is 5.69 Å². The number of nitrogens with zero attached hydrogens (tertiary/aromatic N) is 1. The summed E-state index contributed by atoms with van der Waals surface area (Å²) in [4.78, 5) is 4.19. The predicted octanol–water partition coefficient (Wildman–Crippen LogP) is 1.57. The molecule has 0 saturated carbocycles. The summed E-state index contributed by atoms with van der Waals surface area (Å²) in [5.41, 5.74) is 5.37.